The first kappa shape index (κ1) is 16.0. The van der Waals surface area contributed by atoms with Crippen molar-refractivity contribution in [2.24, 2.45) is 5.16 Å². The minimum absolute atomic E-state index is 0.190. The average Bonchev–Trinajstić information content (AvgIpc) is 3.32. The van der Waals surface area contributed by atoms with Crippen LogP contribution in [0.4, 0.5) is 11.6 Å². The smallest absolute Gasteiger partial charge is 0.399 e. The van der Waals surface area contributed by atoms with Crippen LogP contribution in [-0.2, 0) is 4.84 Å². The second-order valence-corrected chi connectivity index (χ2v) is 7.15. The van der Waals surface area contributed by atoms with Crippen LogP contribution in [-0.4, -0.2) is 35.2 Å². The van der Waals surface area contributed by atoms with Crippen molar-refractivity contribution < 1.29 is 14.2 Å². The van der Waals surface area contributed by atoms with E-state index in [1.165, 1.54) is 23.3 Å². The molecule has 3 heterocycles. The Kier molecular flexibility index (Phi) is 4.35. The fraction of sp³-hybridized carbons (Fsp3) is 0.353. The highest BCUT2D eigenvalue weighted by molar-refractivity contribution is 7.99. The molecule has 1 aromatic carbocycles. The van der Waals surface area contributed by atoms with Gasteiger partial charge in [-0.1, -0.05) is 17.3 Å². The highest BCUT2D eigenvalue weighted by Crippen LogP contribution is 2.32. The fourth-order valence-electron chi connectivity index (χ4n) is 3.00. The minimum Gasteiger partial charge on any atom is -0.399 e. The van der Waals surface area contributed by atoms with Gasteiger partial charge in [0.25, 0.3) is 0 Å². The number of nitrogens with zero attached hydrogens (tertiary/aromatic N) is 3. The van der Waals surface area contributed by atoms with Gasteiger partial charge in [-0.15, -0.1) is 0 Å². The highest BCUT2D eigenvalue weighted by atomic mass is 32.2. The molecule has 0 radical (unpaired) electrons. The van der Waals surface area contributed by atoms with Crippen molar-refractivity contribution in [3.05, 3.63) is 57.8 Å². The second-order valence-electron chi connectivity index (χ2n) is 5.92. The molecule has 1 fully saturated rings. The fourth-order valence-corrected chi connectivity index (χ4v) is 3.91. The number of hydrogen-bond acceptors (Lipinski definition) is 7. The molecular weight excluding hydrogens is 342 g/mol. The van der Waals surface area contributed by atoms with Crippen LogP contribution in [0.2, 0.25) is 0 Å². The molecule has 0 aliphatic carbocycles. The number of anilines is 1. The molecule has 1 unspecified atom stereocenters. The lowest BCUT2D eigenvalue weighted by Crippen LogP contribution is -2.32. The summed E-state index contributed by atoms with van der Waals surface area (Å²) < 4.78 is 5.19. The zero-order chi connectivity index (χ0) is 17.2. The van der Waals surface area contributed by atoms with Crippen LogP contribution in [0.1, 0.15) is 23.8 Å². The Morgan fingerprint density at radius 1 is 1.16 bits per heavy atom. The number of benzene rings is 1. The van der Waals surface area contributed by atoms with Gasteiger partial charge in [-0.2, -0.15) is 11.8 Å². The summed E-state index contributed by atoms with van der Waals surface area (Å²) in [5, 5.41) is 14.7. The van der Waals surface area contributed by atoms with Crippen molar-refractivity contribution in [2.45, 2.75) is 12.5 Å². The van der Waals surface area contributed by atoms with Crippen LogP contribution in [0.15, 0.2) is 46.0 Å². The first-order valence-electron chi connectivity index (χ1n) is 8.10. The van der Waals surface area contributed by atoms with Crippen molar-refractivity contribution in [3.8, 4) is 0 Å². The Labute approximate surface area is 148 Å². The third-order valence-electron chi connectivity index (χ3n) is 4.37. The summed E-state index contributed by atoms with van der Waals surface area (Å²) in [6.45, 7) is 2.16. The van der Waals surface area contributed by atoms with Gasteiger partial charge in [0, 0.05) is 36.7 Å². The van der Waals surface area contributed by atoms with Crippen LogP contribution in [0.25, 0.3) is 0 Å². The quantitative estimate of drug-likeness (QED) is 0.613. The normalized spacial score (nSPS) is 20.2. The van der Waals surface area contributed by atoms with E-state index in [0.717, 1.165) is 18.7 Å². The molecule has 7 nitrogen and oxygen atoms in total. The maximum absolute atomic E-state index is 10.7. The maximum atomic E-state index is 10.7. The third-order valence-corrected chi connectivity index (χ3v) is 5.31. The molecule has 1 saturated heterocycles. The number of oxime groups is 1. The first-order valence-corrected chi connectivity index (χ1v) is 9.26. The SMILES string of the molecule is O=[N+]([O-])c1ccc(C2=NOC(c3ccc(N4CCSCC4)cc3)C2)o1. The Balaban J connectivity index is 1.42. The summed E-state index contributed by atoms with van der Waals surface area (Å²) in [6.07, 6.45) is 0.342. The van der Waals surface area contributed by atoms with Gasteiger partial charge >= 0.3 is 5.88 Å². The van der Waals surface area contributed by atoms with Crippen molar-refractivity contribution >= 4 is 29.0 Å². The molecule has 0 amide bonds. The van der Waals surface area contributed by atoms with E-state index in [2.05, 4.69) is 34.3 Å². The third kappa shape index (κ3) is 3.34. The molecule has 130 valence electrons. The molecular formula is C17H17N3O4S. The minimum atomic E-state index is -0.560. The van der Waals surface area contributed by atoms with E-state index in [1.54, 1.807) is 6.07 Å². The van der Waals surface area contributed by atoms with Crippen molar-refractivity contribution in [1.29, 1.82) is 0 Å². The van der Waals surface area contributed by atoms with E-state index in [9.17, 15) is 10.1 Å². The first-order chi connectivity index (χ1) is 12.2. The lowest BCUT2D eigenvalue weighted by Gasteiger charge is -2.28. The monoisotopic (exact) mass is 359 g/mol. The summed E-state index contributed by atoms with van der Waals surface area (Å²) in [5.41, 5.74) is 2.86. The summed E-state index contributed by atoms with van der Waals surface area (Å²) in [5.74, 6) is 2.43. The Morgan fingerprint density at radius 2 is 1.92 bits per heavy atom. The Morgan fingerprint density at radius 3 is 2.60 bits per heavy atom. The van der Waals surface area contributed by atoms with Gasteiger partial charge in [0.2, 0.25) is 0 Å². The number of thioether (sulfide) groups is 1. The van der Waals surface area contributed by atoms with Crippen LogP contribution in [0.5, 0.6) is 0 Å². The Hall–Kier alpha value is -2.48. The van der Waals surface area contributed by atoms with E-state index in [1.807, 2.05) is 11.8 Å². The van der Waals surface area contributed by atoms with Crippen LogP contribution >= 0.6 is 11.8 Å². The van der Waals surface area contributed by atoms with Gasteiger partial charge in [0.05, 0.1) is 6.07 Å². The van der Waals surface area contributed by atoms with Gasteiger partial charge in [-0.25, -0.2) is 0 Å². The molecule has 2 aliphatic rings. The van der Waals surface area contributed by atoms with Gasteiger partial charge in [0.15, 0.2) is 11.9 Å². The zero-order valence-corrected chi connectivity index (χ0v) is 14.3. The summed E-state index contributed by atoms with van der Waals surface area (Å²) >= 11 is 1.99. The van der Waals surface area contributed by atoms with Crippen LogP contribution in [0.3, 0.4) is 0 Å². The molecule has 2 aromatic rings. The van der Waals surface area contributed by atoms with E-state index >= 15 is 0 Å². The average molecular weight is 359 g/mol. The standard InChI is InChI=1S/C17H17N3O4S/c21-20(22)17-6-5-15(23-17)14-11-16(24-18-14)12-1-3-13(4-2-12)19-7-9-25-10-8-19/h1-6,16H,7-11H2. The van der Waals surface area contributed by atoms with Crippen LogP contribution < -0.4 is 4.90 Å². The highest BCUT2D eigenvalue weighted by Gasteiger charge is 2.27. The molecule has 2 aliphatic heterocycles. The van der Waals surface area contributed by atoms with E-state index < -0.39 is 4.92 Å². The van der Waals surface area contributed by atoms with Crippen molar-refractivity contribution in [2.75, 3.05) is 29.5 Å². The van der Waals surface area contributed by atoms with Gasteiger partial charge in [0.1, 0.15) is 10.6 Å². The summed E-state index contributed by atoms with van der Waals surface area (Å²) in [7, 11) is 0. The van der Waals surface area contributed by atoms with Crippen molar-refractivity contribution in [1.82, 2.24) is 0 Å². The molecule has 1 atom stereocenters. The summed E-state index contributed by atoms with van der Waals surface area (Å²) in [6, 6.07) is 11.2. The Bertz CT molecular complexity index is 796. The van der Waals surface area contributed by atoms with Gasteiger partial charge in [-0.3, -0.25) is 10.1 Å². The zero-order valence-electron chi connectivity index (χ0n) is 13.5. The van der Waals surface area contributed by atoms with Gasteiger partial charge < -0.3 is 14.2 Å². The number of rotatable bonds is 4. The molecule has 8 heteroatoms. The number of furan rings is 1. The molecule has 0 saturated carbocycles. The van der Waals surface area contributed by atoms with Gasteiger partial charge in [-0.05, 0) is 23.8 Å². The molecule has 4 rings (SSSR count). The lowest BCUT2D eigenvalue weighted by atomic mass is 10.0. The molecule has 0 N–H and O–H groups in total. The predicted octanol–water partition coefficient (Wildman–Crippen LogP) is 3.61. The van der Waals surface area contributed by atoms with E-state index in [-0.39, 0.29) is 12.0 Å². The molecule has 0 spiro atoms. The second kappa shape index (κ2) is 6.79. The predicted molar refractivity (Wildman–Crippen MR) is 96.3 cm³/mol. The molecule has 25 heavy (non-hydrogen) atoms. The molecule has 0 bridgehead atoms. The van der Waals surface area contributed by atoms with Crippen molar-refractivity contribution in [3.63, 3.8) is 0 Å². The van der Waals surface area contributed by atoms with E-state index in [0.29, 0.717) is 17.9 Å². The summed E-state index contributed by atoms with van der Waals surface area (Å²) in [4.78, 5) is 18.0. The largest absolute Gasteiger partial charge is 0.433 e. The lowest BCUT2D eigenvalue weighted by molar-refractivity contribution is -0.402. The number of nitro groups is 1. The topological polar surface area (TPSA) is 81.1 Å². The maximum Gasteiger partial charge on any atom is 0.433 e. The number of hydrogen-bond donors (Lipinski definition) is 0. The van der Waals surface area contributed by atoms with E-state index in [4.69, 9.17) is 9.25 Å². The van der Waals surface area contributed by atoms with Crippen LogP contribution in [0, 0.1) is 10.1 Å². The molecule has 1 aromatic heterocycles.